The summed E-state index contributed by atoms with van der Waals surface area (Å²) in [4.78, 5) is 35.3. The molecule has 0 unspecified atom stereocenters. The first-order valence-corrected chi connectivity index (χ1v) is 12.2. The molecule has 0 bridgehead atoms. The highest BCUT2D eigenvalue weighted by atomic mass is 32.1. The summed E-state index contributed by atoms with van der Waals surface area (Å²) in [5.74, 6) is 0.409. The van der Waals surface area contributed by atoms with E-state index in [2.05, 4.69) is 22.2 Å². The number of rotatable bonds is 9. The summed E-state index contributed by atoms with van der Waals surface area (Å²) < 4.78 is 12.6. The molecule has 3 aromatic heterocycles. The second-order valence-electron chi connectivity index (χ2n) is 8.30. The molecular weight excluding hydrogens is 452 g/mol. The molecule has 4 aromatic rings. The maximum absolute atomic E-state index is 13.6. The van der Waals surface area contributed by atoms with Crippen molar-refractivity contribution in [3.05, 3.63) is 48.4 Å². The van der Waals surface area contributed by atoms with Gasteiger partial charge >= 0.3 is 0 Å². The number of thiazole rings is 1. The van der Waals surface area contributed by atoms with Gasteiger partial charge in [0.15, 0.2) is 5.65 Å². The third-order valence-electron chi connectivity index (χ3n) is 5.84. The van der Waals surface area contributed by atoms with Crippen LogP contribution >= 0.6 is 11.3 Å². The summed E-state index contributed by atoms with van der Waals surface area (Å²) in [7, 11) is 0. The van der Waals surface area contributed by atoms with Crippen LogP contribution in [0, 0.1) is 0 Å². The highest BCUT2D eigenvalue weighted by Gasteiger charge is 2.28. The Hall–Kier alpha value is -3.46. The fourth-order valence-corrected chi connectivity index (χ4v) is 4.69. The summed E-state index contributed by atoms with van der Waals surface area (Å²) >= 11 is 1.42. The lowest BCUT2D eigenvalue weighted by Crippen LogP contribution is -2.45. The summed E-state index contributed by atoms with van der Waals surface area (Å²) in [6, 6.07) is 9.21. The number of benzene rings is 1. The number of carbonyl (C=O) groups excluding carboxylic acids is 2. The first-order chi connectivity index (χ1) is 16.4. The standard InChI is InChI=1S/C25H28N4O4S/c1-5-15(2)29(16(3)10-12-26-17(4)30)24(31)20-14-32-21-13-18(8-9-19(20)21)33-25-28-23-22(34-25)7-6-11-27-23/h6-9,11,13-16H,5,10,12H2,1-4H3,(H,26,30)/t15-,16-/m1/s1. The zero-order valence-corrected chi connectivity index (χ0v) is 20.5. The van der Waals surface area contributed by atoms with E-state index in [-0.39, 0.29) is 23.9 Å². The zero-order chi connectivity index (χ0) is 24.2. The summed E-state index contributed by atoms with van der Waals surface area (Å²) in [5, 5.41) is 4.03. The Morgan fingerprint density at radius 2 is 2.06 bits per heavy atom. The van der Waals surface area contributed by atoms with Crippen molar-refractivity contribution >= 4 is 44.5 Å². The summed E-state index contributed by atoms with van der Waals surface area (Å²) in [6.07, 6.45) is 4.69. The lowest BCUT2D eigenvalue weighted by atomic mass is 10.1. The van der Waals surface area contributed by atoms with Crippen LogP contribution in [-0.2, 0) is 4.79 Å². The molecular formula is C25H28N4O4S. The molecule has 178 valence electrons. The van der Waals surface area contributed by atoms with Gasteiger partial charge in [0.1, 0.15) is 17.6 Å². The normalized spacial score (nSPS) is 13.1. The number of amides is 2. The van der Waals surface area contributed by atoms with E-state index in [1.54, 1.807) is 12.3 Å². The molecule has 8 nitrogen and oxygen atoms in total. The molecule has 0 aliphatic rings. The molecule has 4 rings (SSSR count). The minimum absolute atomic E-state index is 0.0417. The number of furan rings is 1. The van der Waals surface area contributed by atoms with Crippen LogP contribution in [0.25, 0.3) is 21.3 Å². The monoisotopic (exact) mass is 480 g/mol. The number of hydrogen-bond acceptors (Lipinski definition) is 7. The molecule has 9 heteroatoms. The number of pyridine rings is 1. The number of nitrogens with zero attached hydrogens (tertiary/aromatic N) is 3. The van der Waals surface area contributed by atoms with E-state index >= 15 is 0 Å². The Balaban J connectivity index is 1.55. The molecule has 34 heavy (non-hydrogen) atoms. The Bertz CT molecular complexity index is 1280. The van der Waals surface area contributed by atoms with Crippen LogP contribution in [0.5, 0.6) is 10.9 Å². The topological polar surface area (TPSA) is 97.6 Å². The van der Waals surface area contributed by atoms with Gasteiger partial charge in [-0.15, -0.1) is 0 Å². The van der Waals surface area contributed by atoms with Gasteiger partial charge in [0.05, 0.1) is 10.3 Å². The van der Waals surface area contributed by atoms with Crippen molar-refractivity contribution in [1.82, 2.24) is 20.2 Å². The van der Waals surface area contributed by atoms with Crippen LogP contribution in [0.15, 0.2) is 47.2 Å². The Kier molecular flexibility index (Phi) is 7.12. The van der Waals surface area contributed by atoms with Gasteiger partial charge in [-0.25, -0.2) is 4.98 Å². The molecule has 0 aliphatic heterocycles. The number of carbonyl (C=O) groups is 2. The van der Waals surface area contributed by atoms with Crippen molar-refractivity contribution in [3.63, 3.8) is 0 Å². The SMILES string of the molecule is CC[C@@H](C)N(C(=O)c1coc2cc(Oc3nc4ncccc4s3)ccc12)[C@H](C)CCNC(C)=O. The Morgan fingerprint density at radius 1 is 1.24 bits per heavy atom. The van der Waals surface area contributed by atoms with E-state index < -0.39 is 0 Å². The van der Waals surface area contributed by atoms with Gasteiger partial charge < -0.3 is 19.4 Å². The highest BCUT2D eigenvalue weighted by molar-refractivity contribution is 7.20. The van der Waals surface area contributed by atoms with Crippen molar-refractivity contribution in [3.8, 4) is 10.9 Å². The van der Waals surface area contributed by atoms with Gasteiger partial charge in [0.25, 0.3) is 11.1 Å². The fraction of sp³-hybridized carbons (Fsp3) is 0.360. The molecule has 0 saturated carbocycles. The molecule has 2 amide bonds. The van der Waals surface area contributed by atoms with Gasteiger partial charge in [0, 0.05) is 43.2 Å². The Labute approximate surface area is 201 Å². The summed E-state index contributed by atoms with van der Waals surface area (Å²) in [6.45, 7) is 8.11. The predicted octanol–water partition coefficient (Wildman–Crippen LogP) is 5.39. The number of fused-ring (bicyclic) bond motifs is 2. The van der Waals surface area contributed by atoms with E-state index in [0.29, 0.717) is 40.7 Å². The van der Waals surface area contributed by atoms with Crippen LogP contribution in [-0.4, -0.2) is 45.3 Å². The highest BCUT2D eigenvalue weighted by Crippen LogP contribution is 2.33. The minimum atomic E-state index is -0.0886. The second kappa shape index (κ2) is 10.2. The average Bonchev–Trinajstić information content (AvgIpc) is 3.41. The lowest BCUT2D eigenvalue weighted by molar-refractivity contribution is -0.118. The maximum atomic E-state index is 13.6. The molecule has 1 N–H and O–H groups in total. The van der Waals surface area contributed by atoms with E-state index in [1.807, 2.05) is 43.0 Å². The first kappa shape index (κ1) is 23.7. The number of aromatic nitrogens is 2. The smallest absolute Gasteiger partial charge is 0.281 e. The quantitative estimate of drug-likeness (QED) is 0.345. The van der Waals surface area contributed by atoms with Crippen molar-refractivity contribution in [2.45, 2.75) is 52.6 Å². The Morgan fingerprint density at radius 3 is 2.79 bits per heavy atom. The van der Waals surface area contributed by atoms with E-state index in [0.717, 1.165) is 16.5 Å². The third kappa shape index (κ3) is 5.04. The van der Waals surface area contributed by atoms with Crippen LogP contribution in [0.3, 0.4) is 0 Å². The van der Waals surface area contributed by atoms with Crippen molar-refractivity contribution < 1.29 is 18.7 Å². The van der Waals surface area contributed by atoms with Gasteiger partial charge in [-0.3, -0.25) is 9.59 Å². The molecule has 2 atom stereocenters. The van der Waals surface area contributed by atoms with Crippen LogP contribution in [0.1, 0.15) is 50.9 Å². The van der Waals surface area contributed by atoms with E-state index in [4.69, 9.17) is 9.15 Å². The predicted molar refractivity (Wildman–Crippen MR) is 132 cm³/mol. The third-order valence-corrected chi connectivity index (χ3v) is 6.73. The van der Waals surface area contributed by atoms with E-state index in [1.165, 1.54) is 24.5 Å². The van der Waals surface area contributed by atoms with E-state index in [9.17, 15) is 9.59 Å². The van der Waals surface area contributed by atoms with Gasteiger partial charge in [-0.1, -0.05) is 18.3 Å². The molecule has 1 aromatic carbocycles. The first-order valence-electron chi connectivity index (χ1n) is 11.3. The number of nitrogens with one attached hydrogen (secondary N) is 1. The molecule has 0 spiro atoms. The largest absolute Gasteiger partial charge is 0.463 e. The summed E-state index contributed by atoms with van der Waals surface area (Å²) in [5.41, 5.74) is 1.72. The van der Waals surface area contributed by atoms with Crippen molar-refractivity contribution in [2.75, 3.05) is 6.54 Å². The lowest BCUT2D eigenvalue weighted by Gasteiger charge is -2.34. The van der Waals surface area contributed by atoms with Gasteiger partial charge in [0.2, 0.25) is 5.91 Å². The van der Waals surface area contributed by atoms with Crippen LogP contribution < -0.4 is 10.1 Å². The number of hydrogen-bond donors (Lipinski definition) is 1. The molecule has 0 aliphatic carbocycles. The van der Waals surface area contributed by atoms with Crippen LogP contribution in [0.2, 0.25) is 0 Å². The average molecular weight is 481 g/mol. The molecule has 3 heterocycles. The fourth-order valence-electron chi connectivity index (χ4n) is 3.90. The molecule has 0 saturated heterocycles. The molecule has 0 radical (unpaired) electrons. The number of ether oxygens (including phenoxy) is 1. The zero-order valence-electron chi connectivity index (χ0n) is 19.7. The van der Waals surface area contributed by atoms with Gasteiger partial charge in [-0.05, 0) is 51.0 Å². The van der Waals surface area contributed by atoms with Crippen LogP contribution in [0.4, 0.5) is 0 Å². The van der Waals surface area contributed by atoms with Gasteiger partial charge in [-0.2, -0.15) is 4.98 Å². The molecule has 0 fully saturated rings. The minimum Gasteiger partial charge on any atom is -0.463 e. The van der Waals surface area contributed by atoms with Crippen molar-refractivity contribution in [1.29, 1.82) is 0 Å². The second-order valence-corrected chi connectivity index (χ2v) is 9.30. The maximum Gasteiger partial charge on any atom is 0.281 e. The van der Waals surface area contributed by atoms with Crippen molar-refractivity contribution in [2.24, 2.45) is 0 Å².